The normalized spacial score (nSPS) is 37.6. The number of carboxylic acids is 1. The number of anilines is 1. The number of nitrogens with two attached hydrogens (primary N) is 1. The van der Waals surface area contributed by atoms with E-state index in [1.807, 2.05) is 0 Å². The Hall–Kier alpha value is -2.08. The molecule has 2 heterocycles. The molecule has 1 aromatic heterocycles. The number of ether oxygens (including phenoxy) is 1. The molecule has 2 saturated carbocycles. The van der Waals surface area contributed by atoms with Crippen LogP contribution in [0.2, 0.25) is 0 Å². The summed E-state index contributed by atoms with van der Waals surface area (Å²) in [6.45, 7) is 24.0. The van der Waals surface area contributed by atoms with Crippen LogP contribution < -0.4 is 5.73 Å². The maximum absolute atomic E-state index is 13.4. The Labute approximate surface area is 295 Å². The van der Waals surface area contributed by atoms with E-state index in [2.05, 4.69) is 93.7 Å². The summed E-state index contributed by atoms with van der Waals surface area (Å²) in [5, 5.41) is 35.7. The fourth-order valence-electron chi connectivity index (χ4n) is 11.4. The highest BCUT2D eigenvalue weighted by molar-refractivity contribution is 5.73. The number of piperazine rings is 1. The Bertz CT molecular complexity index is 1340. The Morgan fingerprint density at radius 1 is 1.12 bits per heavy atom. The molecule has 278 valence electrons. The van der Waals surface area contributed by atoms with E-state index in [4.69, 9.17) is 10.5 Å². The second kappa shape index (κ2) is 14.2. The maximum atomic E-state index is 13.4. The molecule has 5 rings (SSSR count). The molecule has 0 spiro atoms. The van der Waals surface area contributed by atoms with Crippen molar-refractivity contribution >= 4 is 11.9 Å². The number of aliphatic carboxylic acids is 1. The lowest BCUT2D eigenvalue weighted by molar-refractivity contribution is -0.195. The summed E-state index contributed by atoms with van der Waals surface area (Å²) >= 11 is 0. The van der Waals surface area contributed by atoms with Crippen molar-refractivity contribution in [2.24, 2.45) is 51.2 Å². The number of nitrogen functional groups attached to an aromatic ring is 1. The Morgan fingerprint density at radius 2 is 1.82 bits per heavy atom. The van der Waals surface area contributed by atoms with E-state index in [-0.39, 0.29) is 41.1 Å². The summed E-state index contributed by atoms with van der Waals surface area (Å²) in [6.07, 6.45) is 8.45. The summed E-state index contributed by atoms with van der Waals surface area (Å²) < 4.78 is 6.46. The predicted octanol–water partition coefficient (Wildman–Crippen LogP) is 5.18. The monoisotopic (exact) mass is 686 g/mol. The zero-order valence-corrected chi connectivity index (χ0v) is 32.0. The smallest absolute Gasteiger partial charge is 0.307 e. The van der Waals surface area contributed by atoms with Crippen molar-refractivity contribution in [1.82, 2.24) is 30.0 Å². The van der Waals surface area contributed by atoms with E-state index in [1.54, 1.807) is 4.80 Å². The summed E-state index contributed by atoms with van der Waals surface area (Å²) in [4.78, 5) is 19.8. The average molecular weight is 686 g/mol. The van der Waals surface area contributed by atoms with Gasteiger partial charge < -0.3 is 25.6 Å². The van der Waals surface area contributed by atoms with Crippen molar-refractivity contribution in [3.8, 4) is 0 Å². The molecule has 3 fully saturated rings. The fraction of sp³-hybridized carbons (Fsp3) is 0.895. The van der Waals surface area contributed by atoms with Gasteiger partial charge in [-0.2, -0.15) is 4.80 Å². The van der Waals surface area contributed by atoms with E-state index in [9.17, 15) is 15.0 Å². The van der Waals surface area contributed by atoms with Gasteiger partial charge in [0.25, 0.3) is 5.95 Å². The molecule has 1 aromatic rings. The molecule has 1 unspecified atom stereocenters. The first-order valence-corrected chi connectivity index (χ1v) is 19.1. The van der Waals surface area contributed by atoms with Crippen LogP contribution >= 0.6 is 0 Å². The van der Waals surface area contributed by atoms with Gasteiger partial charge in [-0.3, -0.25) is 9.69 Å². The molecule has 1 aliphatic heterocycles. The van der Waals surface area contributed by atoms with Crippen LogP contribution in [0.25, 0.3) is 0 Å². The van der Waals surface area contributed by atoms with Gasteiger partial charge in [-0.15, -0.1) is 5.10 Å². The molecule has 4 aliphatic rings. The largest absolute Gasteiger partial charge is 0.481 e. The number of likely N-dealkylation sites (N-methyl/N-ethyl adjacent to an activating group) is 1. The van der Waals surface area contributed by atoms with Gasteiger partial charge in [-0.1, -0.05) is 71.6 Å². The van der Waals surface area contributed by atoms with Crippen molar-refractivity contribution in [3.63, 3.8) is 0 Å². The van der Waals surface area contributed by atoms with E-state index in [0.29, 0.717) is 32.0 Å². The molecule has 0 radical (unpaired) electrons. The predicted molar refractivity (Wildman–Crippen MR) is 193 cm³/mol. The summed E-state index contributed by atoms with van der Waals surface area (Å²) in [7, 11) is 2.16. The number of hydrogen-bond donors (Lipinski definition) is 3. The number of carbonyl (C=O) groups is 1. The molecule has 0 amide bonds. The van der Waals surface area contributed by atoms with Crippen molar-refractivity contribution in [3.05, 3.63) is 11.6 Å². The molecule has 3 aliphatic carbocycles. The van der Waals surface area contributed by atoms with Crippen LogP contribution in [-0.2, 0) is 15.1 Å². The Morgan fingerprint density at radius 3 is 2.39 bits per heavy atom. The molecule has 11 nitrogen and oxygen atoms in total. The van der Waals surface area contributed by atoms with Gasteiger partial charge in [-0.05, 0) is 97.6 Å². The first-order valence-electron chi connectivity index (χ1n) is 19.1. The van der Waals surface area contributed by atoms with Crippen LogP contribution in [0.5, 0.6) is 0 Å². The van der Waals surface area contributed by atoms with Gasteiger partial charge in [0.2, 0.25) is 0 Å². The van der Waals surface area contributed by atoms with Crippen molar-refractivity contribution < 1.29 is 19.7 Å². The zero-order valence-electron chi connectivity index (χ0n) is 32.0. The lowest BCUT2D eigenvalue weighted by Gasteiger charge is -2.68. The van der Waals surface area contributed by atoms with Gasteiger partial charge >= 0.3 is 5.97 Å². The molecular formula is C38H67N7O4. The second-order valence-corrected chi connectivity index (χ2v) is 17.9. The van der Waals surface area contributed by atoms with Gasteiger partial charge in [0.15, 0.2) is 0 Å². The average Bonchev–Trinajstić information content (AvgIpc) is 3.51. The van der Waals surface area contributed by atoms with E-state index in [1.165, 1.54) is 5.57 Å². The number of allylic oxidation sites excluding steroid dienone is 1. The number of aliphatic hydroxyl groups excluding tert-OH is 1. The third kappa shape index (κ3) is 6.48. The number of nitrogens with zero attached hydrogens (tertiary/aromatic N) is 6. The van der Waals surface area contributed by atoms with Crippen LogP contribution in [0.15, 0.2) is 11.6 Å². The number of rotatable bonds is 13. The molecule has 0 bridgehead atoms. The Kier molecular flexibility index (Phi) is 11.0. The molecule has 0 aromatic carbocycles. The van der Waals surface area contributed by atoms with Crippen LogP contribution in [0.1, 0.15) is 100 Å². The Balaban J connectivity index is 1.50. The fourth-order valence-corrected chi connectivity index (χ4v) is 11.4. The van der Waals surface area contributed by atoms with Crippen LogP contribution in [0, 0.1) is 51.2 Å². The van der Waals surface area contributed by atoms with Crippen LogP contribution in [-0.4, -0.2) is 106 Å². The number of tetrazole rings is 1. The van der Waals surface area contributed by atoms with Crippen molar-refractivity contribution in [2.75, 3.05) is 65.3 Å². The number of hydrogen-bond acceptors (Lipinski definition) is 9. The zero-order chi connectivity index (χ0) is 36.0. The highest BCUT2D eigenvalue weighted by Crippen LogP contribution is 2.72. The van der Waals surface area contributed by atoms with Crippen molar-refractivity contribution in [2.45, 2.75) is 106 Å². The quantitative estimate of drug-likeness (QED) is 0.188. The second-order valence-electron chi connectivity index (χ2n) is 17.9. The van der Waals surface area contributed by atoms with Gasteiger partial charge in [-0.25, -0.2) is 0 Å². The first-order chi connectivity index (χ1) is 23.0. The van der Waals surface area contributed by atoms with Crippen LogP contribution in [0.3, 0.4) is 0 Å². The van der Waals surface area contributed by atoms with E-state index < -0.39 is 28.3 Å². The number of fused-ring (bicyclic) bond motifs is 3. The van der Waals surface area contributed by atoms with Crippen molar-refractivity contribution in [1.29, 1.82) is 0 Å². The summed E-state index contributed by atoms with van der Waals surface area (Å²) in [6, 6.07) is 0. The van der Waals surface area contributed by atoms with Gasteiger partial charge in [0, 0.05) is 38.1 Å². The number of carboxylic acid groups (broad SMARTS) is 1. The molecule has 4 N–H and O–H groups in total. The van der Waals surface area contributed by atoms with E-state index >= 15 is 0 Å². The van der Waals surface area contributed by atoms with Gasteiger partial charge in [0.1, 0.15) is 5.54 Å². The minimum Gasteiger partial charge on any atom is -0.481 e. The summed E-state index contributed by atoms with van der Waals surface area (Å²) in [5.74, 6) is 0.122. The maximum Gasteiger partial charge on any atom is 0.307 e. The lowest BCUT2D eigenvalue weighted by atomic mass is 9.35. The summed E-state index contributed by atoms with van der Waals surface area (Å²) in [5.41, 5.74) is 5.16. The molecule has 11 heteroatoms. The molecule has 9 atom stereocenters. The first kappa shape index (κ1) is 38.2. The molecule has 49 heavy (non-hydrogen) atoms. The highest BCUT2D eigenvalue weighted by atomic mass is 16.5. The highest BCUT2D eigenvalue weighted by Gasteiger charge is 2.68. The number of aromatic nitrogens is 4. The molecule has 1 saturated heterocycles. The molecular weight excluding hydrogens is 618 g/mol. The standard InChI is InChI=1S/C38H67N7O4/c1-10-28-11-12-29-30(13-14-37(8)31(32(47)48)35(6,27(4)26(2)3)15-16-36(29,37)7)38(28,24-46)23-34(5,45-41-33(39)40-42-45)25-49-22-21-44-19-17-43(9)18-20-44/h13,26-29,31,46H,10-12,14-25H2,1-9H3,(H2,39,41)(H,47,48)/t27-,28-,29+,31-,34?,35-,36-,37+,38-/m1/s1. The SMILES string of the molecule is CC[C@@H]1CC[C@H]2C(=CC[C@@]3(C)[C@H](C(=O)O)[C@@](C)([C@H](C)C(C)C)CC[C@]23C)[C@@]1(CO)CC(C)(COCCN1CCN(C)CC1)n1nnc(N)n1. The van der Waals surface area contributed by atoms with Crippen LogP contribution in [0.4, 0.5) is 5.95 Å². The number of aliphatic hydroxyl groups is 1. The lowest BCUT2D eigenvalue weighted by Crippen LogP contribution is -2.64. The third-order valence-corrected chi connectivity index (χ3v) is 15.1. The third-order valence-electron chi connectivity index (χ3n) is 15.1. The van der Waals surface area contributed by atoms with Gasteiger partial charge in [0.05, 0.1) is 25.7 Å². The topological polar surface area (TPSA) is 143 Å². The minimum absolute atomic E-state index is 0.00611. The van der Waals surface area contributed by atoms with E-state index in [0.717, 1.165) is 64.8 Å². The minimum atomic E-state index is -0.714.